The van der Waals surface area contributed by atoms with Crippen LogP contribution in [0.1, 0.15) is 12.5 Å². The first kappa shape index (κ1) is 12.5. The van der Waals surface area contributed by atoms with Crippen LogP contribution < -0.4 is 5.43 Å². The number of piperazine rings is 1. The second kappa shape index (κ2) is 5.62. The highest BCUT2D eigenvalue weighted by Gasteiger charge is 2.16. The summed E-state index contributed by atoms with van der Waals surface area (Å²) in [7, 11) is 2.14. The van der Waals surface area contributed by atoms with Crippen LogP contribution >= 0.6 is 11.6 Å². The van der Waals surface area contributed by atoms with E-state index in [0.717, 1.165) is 44.0 Å². The van der Waals surface area contributed by atoms with E-state index < -0.39 is 0 Å². The highest BCUT2D eigenvalue weighted by Crippen LogP contribution is 2.20. The summed E-state index contributed by atoms with van der Waals surface area (Å²) in [4.78, 5) is 10.6. The molecule has 1 saturated heterocycles. The highest BCUT2D eigenvalue weighted by molar-refractivity contribution is 6.30. The van der Waals surface area contributed by atoms with Crippen LogP contribution in [-0.4, -0.2) is 53.1 Å². The highest BCUT2D eigenvalue weighted by atomic mass is 35.5. The number of hydrogen-bond acceptors (Lipinski definition) is 5. The third-order valence-electron chi connectivity index (χ3n) is 3.01. The van der Waals surface area contributed by atoms with Crippen molar-refractivity contribution < 1.29 is 0 Å². The number of aromatic nitrogens is 2. The van der Waals surface area contributed by atoms with Crippen LogP contribution in [0.4, 0.5) is 5.82 Å². The SMILES string of the molecule is CCc1c(Cl)ncnc1NN1CCN(C)CC1. The zero-order valence-electron chi connectivity index (χ0n) is 10.3. The molecule has 0 aliphatic carbocycles. The molecule has 6 heteroatoms. The molecule has 94 valence electrons. The van der Waals surface area contributed by atoms with Gasteiger partial charge >= 0.3 is 0 Å². The van der Waals surface area contributed by atoms with Gasteiger partial charge in [-0.15, -0.1) is 0 Å². The van der Waals surface area contributed by atoms with Gasteiger partial charge < -0.3 is 10.3 Å². The second-order valence-corrected chi connectivity index (χ2v) is 4.61. The molecule has 1 aliphatic heterocycles. The molecule has 1 aromatic rings. The molecular weight excluding hydrogens is 238 g/mol. The maximum absolute atomic E-state index is 6.05. The van der Waals surface area contributed by atoms with Crippen LogP contribution in [0.2, 0.25) is 5.15 Å². The normalized spacial score (nSPS) is 18.3. The van der Waals surface area contributed by atoms with E-state index in [4.69, 9.17) is 11.6 Å². The van der Waals surface area contributed by atoms with Gasteiger partial charge in [0.25, 0.3) is 0 Å². The molecule has 17 heavy (non-hydrogen) atoms. The molecule has 0 spiro atoms. The van der Waals surface area contributed by atoms with Crippen molar-refractivity contribution in [3.8, 4) is 0 Å². The third-order valence-corrected chi connectivity index (χ3v) is 3.34. The van der Waals surface area contributed by atoms with Crippen LogP contribution in [0, 0.1) is 0 Å². The molecule has 0 atom stereocenters. The van der Waals surface area contributed by atoms with Crippen molar-refractivity contribution in [2.45, 2.75) is 13.3 Å². The Morgan fingerprint density at radius 2 is 2.00 bits per heavy atom. The second-order valence-electron chi connectivity index (χ2n) is 4.25. The molecule has 2 rings (SSSR count). The Balaban J connectivity index is 2.05. The fourth-order valence-electron chi connectivity index (χ4n) is 1.87. The van der Waals surface area contributed by atoms with Crippen LogP contribution in [-0.2, 0) is 6.42 Å². The number of halogens is 1. The van der Waals surface area contributed by atoms with Crippen LogP contribution in [0.15, 0.2) is 6.33 Å². The molecule has 0 aromatic carbocycles. The Labute approximate surface area is 107 Å². The van der Waals surface area contributed by atoms with E-state index >= 15 is 0 Å². The lowest BCUT2D eigenvalue weighted by atomic mass is 10.2. The molecule has 0 saturated carbocycles. The van der Waals surface area contributed by atoms with Crippen LogP contribution in [0.25, 0.3) is 0 Å². The average Bonchev–Trinajstić information content (AvgIpc) is 2.32. The van der Waals surface area contributed by atoms with Crippen molar-refractivity contribution in [1.82, 2.24) is 19.9 Å². The molecule has 5 nitrogen and oxygen atoms in total. The van der Waals surface area contributed by atoms with Crippen LogP contribution in [0.5, 0.6) is 0 Å². The van der Waals surface area contributed by atoms with Crippen LogP contribution in [0.3, 0.4) is 0 Å². The minimum absolute atomic E-state index is 0.541. The van der Waals surface area contributed by atoms with Gasteiger partial charge in [-0.1, -0.05) is 18.5 Å². The van der Waals surface area contributed by atoms with Gasteiger partial charge in [0.05, 0.1) is 0 Å². The number of rotatable bonds is 3. The summed E-state index contributed by atoms with van der Waals surface area (Å²) in [5.74, 6) is 0.831. The molecular formula is C11H18ClN5. The van der Waals surface area contributed by atoms with Crippen molar-refractivity contribution in [2.24, 2.45) is 0 Å². The first-order chi connectivity index (χ1) is 8.20. The monoisotopic (exact) mass is 255 g/mol. The summed E-state index contributed by atoms with van der Waals surface area (Å²) in [5, 5.41) is 2.72. The van der Waals surface area contributed by atoms with Gasteiger partial charge in [-0.2, -0.15) is 0 Å². The molecule has 0 amide bonds. The van der Waals surface area contributed by atoms with Gasteiger partial charge in [-0.3, -0.25) is 0 Å². The van der Waals surface area contributed by atoms with Crippen molar-refractivity contribution >= 4 is 17.4 Å². The summed E-state index contributed by atoms with van der Waals surface area (Å²) < 4.78 is 0. The van der Waals surface area contributed by atoms with Crippen molar-refractivity contribution in [1.29, 1.82) is 0 Å². The zero-order chi connectivity index (χ0) is 12.3. The lowest BCUT2D eigenvalue weighted by molar-refractivity contribution is 0.178. The smallest absolute Gasteiger partial charge is 0.148 e. The summed E-state index contributed by atoms with van der Waals surface area (Å²) in [5.41, 5.74) is 4.31. The Morgan fingerprint density at radius 1 is 1.29 bits per heavy atom. The lowest BCUT2D eigenvalue weighted by Gasteiger charge is -2.33. The fourth-order valence-corrected chi connectivity index (χ4v) is 2.14. The van der Waals surface area contributed by atoms with Gasteiger partial charge in [0.15, 0.2) is 0 Å². The fraction of sp³-hybridized carbons (Fsp3) is 0.636. The maximum Gasteiger partial charge on any atom is 0.148 e. The largest absolute Gasteiger partial charge is 0.304 e. The number of anilines is 1. The number of likely N-dealkylation sites (N-methyl/N-ethyl adjacent to an activating group) is 1. The zero-order valence-corrected chi connectivity index (χ0v) is 11.0. The molecule has 0 radical (unpaired) electrons. The van der Waals surface area contributed by atoms with E-state index in [0.29, 0.717) is 5.15 Å². The van der Waals surface area contributed by atoms with E-state index in [1.54, 1.807) is 0 Å². The Hall–Kier alpha value is -0.910. The van der Waals surface area contributed by atoms with Gasteiger partial charge in [-0.25, -0.2) is 15.0 Å². The predicted molar refractivity (Wildman–Crippen MR) is 69.1 cm³/mol. The minimum atomic E-state index is 0.541. The Kier molecular flexibility index (Phi) is 4.15. The molecule has 1 aliphatic rings. The summed E-state index contributed by atoms with van der Waals surface area (Å²) in [6, 6.07) is 0. The maximum atomic E-state index is 6.05. The number of nitrogens with zero attached hydrogens (tertiary/aromatic N) is 4. The van der Waals surface area contributed by atoms with E-state index in [-0.39, 0.29) is 0 Å². The molecule has 1 fully saturated rings. The first-order valence-electron chi connectivity index (χ1n) is 5.90. The van der Waals surface area contributed by atoms with Crippen molar-refractivity contribution in [3.05, 3.63) is 17.0 Å². The molecule has 1 aromatic heterocycles. The van der Waals surface area contributed by atoms with E-state index in [2.05, 4.69) is 39.3 Å². The number of hydrazine groups is 1. The van der Waals surface area contributed by atoms with E-state index in [1.807, 2.05) is 0 Å². The Morgan fingerprint density at radius 3 is 2.65 bits per heavy atom. The average molecular weight is 256 g/mol. The first-order valence-corrected chi connectivity index (χ1v) is 6.28. The quantitative estimate of drug-likeness (QED) is 0.824. The molecule has 0 bridgehead atoms. The summed E-state index contributed by atoms with van der Waals surface area (Å²) in [6.45, 7) is 6.16. The van der Waals surface area contributed by atoms with Gasteiger partial charge in [0, 0.05) is 31.7 Å². The number of hydrogen-bond donors (Lipinski definition) is 1. The Bertz CT molecular complexity index is 376. The van der Waals surface area contributed by atoms with Gasteiger partial charge in [-0.05, 0) is 13.5 Å². The molecule has 1 N–H and O–H groups in total. The van der Waals surface area contributed by atoms with E-state index in [1.165, 1.54) is 6.33 Å². The van der Waals surface area contributed by atoms with Gasteiger partial charge in [0.2, 0.25) is 0 Å². The predicted octanol–water partition coefficient (Wildman–Crippen LogP) is 1.27. The van der Waals surface area contributed by atoms with Crippen molar-refractivity contribution in [2.75, 3.05) is 38.7 Å². The standard InChI is InChI=1S/C11H18ClN5/c1-3-9-10(12)13-8-14-11(9)15-17-6-4-16(2)5-7-17/h8H,3-7H2,1-2H3,(H,13,14,15). The minimum Gasteiger partial charge on any atom is -0.304 e. The molecule has 2 heterocycles. The summed E-state index contributed by atoms with van der Waals surface area (Å²) in [6.07, 6.45) is 2.33. The third kappa shape index (κ3) is 3.06. The van der Waals surface area contributed by atoms with Crippen molar-refractivity contribution in [3.63, 3.8) is 0 Å². The van der Waals surface area contributed by atoms with E-state index in [9.17, 15) is 0 Å². The topological polar surface area (TPSA) is 44.3 Å². The lowest BCUT2D eigenvalue weighted by Crippen LogP contribution is -2.47. The molecule has 0 unspecified atom stereocenters. The summed E-state index contributed by atoms with van der Waals surface area (Å²) >= 11 is 6.05. The van der Waals surface area contributed by atoms with Gasteiger partial charge in [0.1, 0.15) is 17.3 Å². The number of nitrogens with one attached hydrogen (secondary N) is 1.